The molecule has 5 nitrogen and oxygen atoms in total. The maximum Gasteiger partial charge on any atom is 0.191 e. The minimum atomic E-state index is -3.32. The van der Waals surface area contributed by atoms with Gasteiger partial charge in [-0.1, -0.05) is 25.1 Å². The molecular formula is C18H30IN3O2S2. The minimum absolute atomic E-state index is 0. The van der Waals surface area contributed by atoms with Crippen molar-refractivity contribution >= 4 is 51.5 Å². The molecule has 0 radical (unpaired) electrons. The number of aliphatic imine (C=N–C) groups is 1. The van der Waals surface area contributed by atoms with E-state index in [0.717, 1.165) is 6.54 Å². The monoisotopic (exact) mass is 511 g/mol. The van der Waals surface area contributed by atoms with E-state index in [1.165, 1.54) is 18.6 Å². The molecule has 1 aromatic carbocycles. The molecule has 0 aromatic heterocycles. The van der Waals surface area contributed by atoms with Gasteiger partial charge in [-0.3, -0.25) is 4.99 Å². The van der Waals surface area contributed by atoms with Crippen molar-refractivity contribution in [1.82, 2.24) is 10.6 Å². The smallest absolute Gasteiger partial charge is 0.191 e. The summed E-state index contributed by atoms with van der Waals surface area (Å²) in [5.74, 6) is 1.93. The average molecular weight is 511 g/mol. The van der Waals surface area contributed by atoms with Crippen LogP contribution >= 0.6 is 35.7 Å². The lowest BCUT2D eigenvalue weighted by molar-refractivity contribution is 0.557. The fourth-order valence-corrected chi connectivity index (χ4v) is 5.74. The van der Waals surface area contributed by atoms with E-state index in [9.17, 15) is 8.42 Å². The van der Waals surface area contributed by atoms with Crippen LogP contribution in [0.15, 0.2) is 40.2 Å². The van der Waals surface area contributed by atoms with Crippen LogP contribution in [0.25, 0.3) is 0 Å². The zero-order valence-electron chi connectivity index (χ0n) is 15.7. The Morgan fingerprint density at radius 2 is 2.04 bits per heavy atom. The predicted molar refractivity (Wildman–Crippen MR) is 123 cm³/mol. The highest BCUT2D eigenvalue weighted by Gasteiger charge is 2.29. The average Bonchev–Trinajstić information content (AvgIpc) is 3.05. The molecule has 1 aliphatic heterocycles. The van der Waals surface area contributed by atoms with Crippen LogP contribution in [-0.4, -0.2) is 50.3 Å². The molecule has 2 atom stereocenters. The van der Waals surface area contributed by atoms with Gasteiger partial charge in [0.05, 0.1) is 10.6 Å². The number of nitrogens with zero attached hydrogens (tertiary/aromatic N) is 1. The number of benzene rings is 1. The van der Waals surface area contributed by atoms with E-state index >= 15 is 0 Å². The Balaban J connectivity index is 0.00000338. The largest absolute Gasteiger partial charge is 0.355 e. The number of thioether (sulfide) groups is 1. The van der Waals surface area contributed by atoms with Crippen molar-refractivity contribution in [2.45, 2.75) is 48.8 Å². The van der Waals surface area contributed by atoms with Gasteiger partial charge in [0.15, 0.2) is 15.8 Å². The van der Waals surface area contributed by atoms with Gasteiger partial charge >= 0.3 is 0 Å². The molecular weight excluding hydrogens is 481 g/mol. The topological polar surface area (TPSA) is 70.6 Å². The van der Waals surface area contributed by atoms with Gasteiger partial charge in [-0.25, -0.2) is 8.42 Å². The Morgan fingerprint density at radius 1 is 1.35 bits per heavy atom. The van der Waals surface area contributed by atoms with Crippen LogP contribution in [0, 0.1) is 0 Å². The van der Waals surface area contributed by atoms with Crippen molar-refractivity contribution < 1.29 is 8.42 Å². The van der Waals surface area contributed by atoms with E-state index in [-0.39, 0.29) is 40.5 Å². The molecule has 0 bridgehead atoms. The second-order valence-electron chi connectivity index (χ2n) is 6.67. The third-order valence-electron chi connectivity index (χ3n) is 4.51. The number of halogens is 1. The minimum Gasteiger partial charge on any atom is -0.355 e. The Morgan fingerprint density at radius 3 is 2.58 bits per heavy atom. The van der Waals surface area contributed by atoms with Crippen molar-refractivity contribution in [3.8, 4) is 0 Å². The molecule has 0 amide bonds. The maximum atomic E-state index is 12.6. The van der Waals surface area contributed by atoms with E-state index in [4.69, 9.17) is 0 Å². The number of sulfone groups is 1. The lowest BCUT2D eigenvalue weighted by atomic mass is 10.1. The Labute approximate surface area is 179 Å². The number of hydrogen-bond donors (Lipinski definition) is 2. The molecule has 0 spiro atoms. The van der Waals surface area contributed by atoms with Crippen LogP contribution in [0.1, 0.15) is 33.1 Å². The maximum absolute atomic E-state index is 12.6. The number of rotatable bonds is 7. The molecule has 1 aliphatic rings. The molecule has 1 heterocycles. The summed E-state index contributed by atoms with van der Waals surface area (Å²) >= 11 is 1.99. The first kappa shape index (κ1) is 23.6. The number of nitrogens with one attached hydrogen (secondary N) is 2. The fourth-order valence-electron chi connectivity index (χ4n) is 2.89. The second-order valence-corrected chi connectivity index (χ2v) is 10.4. The molecule has 2 unspecified atom stereocenters. The van der Waals surface area contributed by atoms with E-state index in [0.29, 0.717) is 17.3 Å². The molecule has 1 aromatic rings. The molecule has 0 saturated carbocycles. The van der Waals surface area contributed by atoms with Gasteiger partial charge in [0.2, 0.25) is 0 Å². The summed E-state index contributed by atoms with van der Waals surface area (Å²) in [5, 5.41) is 6.64. The Kier molecular flexibility index (Phi) is 9.74. The number of hydrogen-bond acceptors (Lipinski definition) is 4. The molecule has 2 N–H and O–H groups in total. The van der Waals surface area contributed by atoms with E-state index in [1.807, 2.05) is 24.8 Å². The van der Waals surface area contributed by atoms with Gasteiger partial charge in [0.1, 0.15) is 0 Å². The van der Waals surface area contributed by atoms with Gasteiger partial charge in [-0.15, -0.1) is 24.0 Å². The first-order chi connectivity index (χ1) is 11.9. The summed E-state index contributed by atoms with van der Waals surface area (Å²) < 4.78 is 25.4. The molecule has 8 heteroatoms. The van der Waals surface area contributed by atoms with Crippen molar-refractivity contribution in [1.29, 1.82) is 0 Å². The van der Waals surface area contributed by atoms with Crippen LogP contribution in [0.2, 0.25) is 0 Å². The van der Waals surface area contributed by atoms with Crippen LogP contribution in [0.5, 0.6) is 0 Å². The zero-order valence-corrected chi connectivity index (χ0v) is 19.7. The van der Waals surface area contributed by atoms with Crippen LogP contribution in [0.4, 0.5) is 0 Å². The SMILES string of the molecule is CCC(CS(=O)(=O)c1ccccc1)NC(=NC)NCC1(C)CCCS1.I. The van der Waals surface area contributed by atoms with Crippen molar-refractivity contribution in [2.75, 3.05) is 25.1 Å². The first-order valence-electron chi connectivity index (χ1n) is 8.77. The van der Waals surface area contributed by atoms with Gasteiger partial charge in [-0.2, -0.15) is 11.8 Å². The highest BCUT2D eigenvalue weighted by Crippen LogP contribution is 2.36. The molecule has 1 saturated heterocycles. The van der Waals surface area contributed by atoms with Crippen LogP contribution in [0.3, 0.4) is 0 Å². The summed E-state index contributed by atoms with van der Waals surface area (Å²) in [7, 11) is -1.60. The summed E-state index contributed by atoms with van der Waals surface area (Å²) in [6, 6.07) is 8.44. The Hall–Kier alpha value is -0.480. The van der Waals surface area contributed by atoms with Gasteiger partial charge < -0.3 is 10.6 Å². The predicted octanol–water partition coefficient (Wildman–Crippen LogP) is 3.31. The highest BCUT2D eigenvalue weighted by atomic mass is 127. The van der Waals surface area contributed by atoms with Crippen LogP contribution < -0.4 is 10.6 Å². The van der Waals surface area contributed by atoms with Gasteiger partial charge in [0, 0.05) is 24.4 Å². The van der Waals surface area contributed by atoms with E-state index in [1.54, 1.807) is 31.3 Å². The van der Waals surface area contributed by atoms with Crippen molar-refractivity contribution in [2.24, 2.45) is 4.99 Å². The zero-order chi connectivity index (χ0) is 18.3. The van der Waals surface area contributed by atoms with Crippen molar-refractivity contribution in [3.05, 3.63) is 30.3 Å². The van der Waals surface area contributed by atoms with Gasteiger partial charge in [0.25, 0.3) is 0 Å². The molecule has 26 heavy (non-hydrogen) atoms. The lowest BCUT2D eigenvalue weighted by Gasteiger charge is -2.26. The van der Waals surface area contributed by atoms with Crippen LogP contribution in [-0.2, 0) is 9.84 Å². The normalized spacial score (nSPS) is 21.7. The molecule has 148 valence electrons. The molecule has 2 rings (SSSR count). The Bertz CT molecular complexity index is 675. The lowest BCUT2D eigenvalue weighted by Crippen LogP contribution is -2.49. The third kappa shape index (κ3) is 6.92. The van der Waals surface area contributed by atoms with E-state index in [2.05, 4.69) is 22.5 Å². The fraction of sp³-hybridized carbons (Fsp3) is 0.611. The summed E-state index contributed by atoms with van der Waals surface area (Å²) in [4.78, 5) is 4.63. The number of guanidine groups is 1. The summed E-state index contributed by atoms with van der Waals surface area (Å²) in [5.41, 5.74) is 0. The summed E-state index contributed by atoms with van der Waals surface area (Å²) in [6.07, 6.45) is 3.15. The third-order valence-corrected chi connectivity index (χ3v) is 7.88. The summed E-state index contributed by atoms with van der Waals surface area (Å²) in [6.45, 7) is 5.08. The van der Waals surface area contributed by atoms with Crippen molar-refractivity contribution in [3.63, 3.8) is 0 Å². The van der Waals surface area contributed by atoms with Gasteiger partial charge in [-0.05, 0) is 44.1 Å². The second kappa shape index (κ2) is 10.8. The molecule has 0 aliphatic carbocycles. The molecule has 1 fully saturated rings. The first-order valence-corrected chi connectivity index (χ1v) is 11.4. The standard InChI is InChI=1S/C18H29N3O2S2.HI/c1-4-15(13-25(22,23)16-9-6-5-7-10-16)21-17(19-3)20-14-18(2)11-8-12-24-18;/h5-7,9-10,15H,4,8,11-14H2,1-3H3,(H2,19,20,21);1H. The highest BCUT2D eigenvalue weighted by molar-refractivity contribution is 14.0. The van der Waals surface area contributed by atoms with E-state index < -0.39 is 9.84 Å². The quantitative estimate of drug-likeness (QED) is 0.334.